The van der Waals surface area contributed by atoms with E-state index in [1.54, 1.807) is 30.3 Å². The fourth-order valence-electron chi connectivity index (χ4n) is 1.77. The van der Waals surface area contributed by atoms with E-state index in [1.165, 1.54) is 6.07 Å². The van der Waals surface area contributed by atoms with E-state index in [9.17, 15) is 9.18 Å². The number of benzene rings is 2. The fraction of sp³-hybridized carbons (Fsp3) is 0.133. The first-order valence-electron chi connectivity index (χ1n) is 6.19. The number of carbonyl (C=O) groups is 1. The first-order valence-corrected chi connectivity index (χ1v) is 6.99. The summed E-state index contributed by atoms with van der Waals surface area (Å²) in [7, 11) is 0. The lowest BCUT2D eigenvalue weighted by atomic mass is 10.1. The van der Waals surface area contributed by atoms with Crippen molar-refractivity contribution in [3.05, 3.63) is 63.4 Å². The van der Waals surface area contributed by atoms with E-state index in [4.69, 9.17) is 10.6 Å². The molecule has 0 radical (unpaired) electrons. The van der Waals surface area contributed by atoms with Gasteiger partial charge in [-0.25, -0.2) is 10.2 Å². The molecule has 0 aliphatic carbocycles. The second kappa shape index (κ2) is 6.69. The molecule has 2 aromatic rings. The van der Waals surface area contributed by atoms with Gasteiger partial charge in [-0.2, -0.15) is 0 Å². The highest BCUT2D eigenvalue weighted by molar-refractivity contribution is 9.10. The monoisotopic (exact) mass is 352 g/mol. The van der Waals surface area contributed by atoms with Gasteiger partial charge in [-0.3, -0.25) is 10.2 Å². The van der Waals surface area contributed by atoms with Gasteiger partial charge in [0, 0.05) is 15.6 Å². The SMILES string of the molecule is Cc1ccc(F)c(OCc2ccc(C(=O)NN)cc2Br)c1. The normalized spacial score (nSPS) is 10.3. The summed E-state index contributed by atoms with van der Waals surface area (Å²) < 4.78 is 19.8. The second-order valence-corrected chi connectivity index (χ2v) is 5.36. The predicted octanol–water partition coefficient (Wildman–Crippen LogP) is 3.08. The Bertz CT molecular complexity index is 677. The van der Waals surface area contributed by atoms with Crippen molar-refractivity contribution in [2.24, 2.45) is 5.84 Å². The highest BCUT2D eigenvalue weighted by atomic mass is 79.9. The van der Waals surface area contributed by atoms with Gasteiger partial charge in [0.25, 0.3) is 5.91 Å². The Hall–Kier alpha value is -1.92. The lowest BCUT2D eigenvalue weighted by Gasteiger charge is -2.10. The first kappa shape index (κ1) is 15.5. The molecular formula is C15H14BrFN2O2. The van der Waals surface area contributed by atoms with E-state index >= 15 is 0 Å². The number of nitrogens with two attached hydrogens (primary N) is 1. The van der Waals surface area contributed by atoms with Crippen LogP contribution in [0.2, 0.25) is 0 Å². The van der Waals surface area contributed by atoms with Crippen LogP contribution in [0.15, 0.2) is 40.9 Å². The molecule has 0 aromatic heterocycles. The minimum atomic E-state index is -0.407. The number of aryl methyl sites for hydroxylation is 1. The first-order chi connectivity index (χ1) is 10.0. The maximum atomic E-state index is 13.6. The summed E-state index contributed by atoms with van der Waals surface area (Å²) in [5.41, 5.74) is 4.20. The number of hydrazine groups is 1. The number of ether oxygens (including phenoxy) is 1. The Labute approximate surface area is 130 Å². The molecule has 0 spiro atoms. The summed E-state index contributed by atoms with van der Waals surface area (Å²) in [6, 6.07) is 9.67. The zero-order valence-electron chi connectivity index (χ0n) is 11.3. The molecule has 21 heavy (non-hydrogen) atoms. The maximum absolute atomic E-state index is 13.6. The summed E-state index contributed by atoms with van der Waals surface area (Å²) in [4.78, 5) is 11.4. The highest BCUT2D eigenvalue weighted by Crippen LogP contribution is 2.23. The third-order valence-corrected chi connectivity index (χ3v) is 3.65. The van der Waals surface area contributed by atoms with Gasteiger partial charge in [-0.15, -0.1) is 0 Å². The lowest BCUT2D eigenvalue weighted by molar-refractivity contribution is 0.0953. The van der Waals surface area contributed by atoms with Crippen LogP contribution in [0, 0.1) is 12.7 Å². The maximum Gasteiger partial charge on any atom is 0.265 e. The molecule has 6 heteroatoms. The van der Waals surface area contributed by atoms with E-state index in [2.05, 4.69) is 21.4 Å². The summed E-state index contributed by atoms with van der Waals surface area (Å²) >= 11 is 3.36. The zero-order chi connectivity index (χ0) is 15.4. The van der Waals surface area contributed by atoms with Crippen LogP contribution in [0.3, 0.4) is 0 Å². The van der Waals surface area contributed by atoms with Gasteiger partial charge in [-0.1, -0.05) is 28.1 Å². The summed E-state index contributed by atoms with van der Waals surface area (Å²) in [5.74, 6) is 4.49. The van der Waals surface area contributed by atoms with Gasteiger partial charge in [0.1, 0.15) is 6.61 Å². The predicted molar refractivity (Wildman–Crippen MR) is 81.3 cm³/mol. The van der Waals surface area contributed by atoms with Crippen LogP contribution in [0.5, 0.6) is 5.75 Å². The van der Waals surface area contributed by atoms with Gasteiger partial charge >= 0.3 is 0 Å². The Balaban J connectivity index is 2.13. The molecule has 0 unspecified atom stereocenters. The highest BCUT2D eigenvalue weighted by Gasteiger charge is 2.09. The molecule has 110 valence electrons. The molecule has 2 aromatic carbocycles. The molecule has 2 rings (SSSR count). The number of hydrogen-bond donors (Lipinski definition) is 2. The zero-order valence-corrected chi connectivity index (χ0v) is 12.9. The molecule has 1 amide bonds. The molecular weight excluding hydrogens is 339 g/mol. The van der Waals surface area contributed by atoms with Crippen LogP contribution in [-0.2, 0) is 6.61 Å². The summed E-state index contributed by atoms with van der Waals surface area (Å²) in [5, 5.41) is 0. The fourth-order valence-corrected chi connectivity index (χ4v) is 2.26. The van der Waals surface area contributed by atoms with Crippen molar-refractivity contribution in [2.45, 2.75) is 13.5 Å². The van der Waals surface area contributed by atoms with Crippen molar-refractivity contribution in [3.8, 4) is 5.75 Å². The minimum absolute atomic E-state index is 0.186. The van der Waals surface area contributed by atoms with Gasteiger partial charge in [0.15, 0.2) is 11.6 Å². The van der Waals surface area contributed by atoms with Crippen molar-refractivity contribution >= 4 is 21.8 Å². The molecule has 0 heterocycles. The number of halogens is 2. The van der Waals surface area contributed by atoms with Crippen molar-refractivity contribution in [1.29, 1.82) is 0 Å². The van der Waals surface area contributed by atoms with E-state index in [0.717, 1.165) is 11.1 Å². The molecule has 0 fully saturated rings. The average molecular weight is 353 g/mol. The number of nitrogens with one attached hydrogen (secondary N) is 1. The van der Waals surface area contributed by atoms with E-state index in [1.807, 2.05) is 6.92 Å². The molecule has 4 nitrogen and oxygen atoms in total. The van der Waals surface area contributed by atoms with Crippen molar-refractivity contribution in [1.82, 2.24) is 5.43 Å². The van der Waals surface area contributed by atoms with Gasteiger partial charge < -0.3 is 4.74 Å². The van der Waals surface area contributed by atoms with E-state index in [-0.39, 0.29) is 18.3 Å². The van der Waals surface area contributed by atoms with Crippen molar-refractivity contribution in [3.63, 3.8) is 0 Å². The molecule has 0 aliphatic heterocycles. The molecule has 0 saturated carbocycles. The lowest BCUT2D eigenvalue weighted by Crippen LogP contribution is -2.29. The third kappa shape index (κ3) is 3.80. The smallest absolute Gasteiger partial charge is 0.265 e. The quantitative estimate of drug-likeness (QED) is 0.504. The topological polar surface area (TPSA) is 64.3 Å². The molecule has 0 aliphatic rings. The number of carbonyl (C=O) groups excluding carboxylic acids is 1. The molecule has 3 N–H and O–H groups in total. The Kier molecular flexibility index (Phi) is 4.93. The van der Waals surface area contributed by atoms with E-state index in [0.29, 0.717) is 10.0 Å². The van der Waals surface area contributed by atoms with Crippen LogP contribution in [0.1, 0.15) is 21.5 Å². The number of nitrogen functional groups attached to an aromatic ring is 1. The summed E-state index contributed by atoms with van der Waals surface area (Å²) in [6.07, 6.45) is 0. The van der Waals surface area contributed by atoms with Crippen LogP contribution >= 0.6 is 15.9 Å². The largest absolute Gasteiger partial charge is 0.486 e. The van der Waals surface area contributed by atoms with Crippen LogP contribution < -0.4 is 16.0 Å². The van der Waals surface area contributed by atoms with Gasteiger partial charge in [0.05, 0.1) is 0 Å². The standard InChI is InChI=1S/C15H14BrFN2O2/c1-9-2-5-13(17)14(6-9)21-8-11-4-3-10(7-12(11)16)15(20)19-18/h2-7H,8,18H2,1H3,(H,19,20). The van der Waals surface area contributed by atoms with Crippen molar-refractivity contribution < 1.29 is 13.9 Å². The van der Waals surface area contributed by atoms with Gasteiger partial charge in [0.2, 0.25) is 0 Å². The van der Waals surface area contributed by atoms with Crippen LogP contribution in [0.4, 0.5) is 4.39 Å². The number of hydrogen-bond acceptors (Lipinski definition) is 3. The van der Waals surface area contributed by atoms with Crippen molar-refractivity contribution in [2.75, 3.05) is 0 Å². The second-order valence-electron chi connectivity index (χ2n) is 4.50. The van der Waals surface area contributed by atoms with Crippen LogP contribution in [0.25, 0.3) is 0 Å². The average Bonchev–Trinajstić information content (AvgIpc) is 2.48. The van der Waals surface area contributed by atoms with E-state index < -0.39 is 5.82 Å². The molecule has 0 bridgehead atoms. The minimum Gasteiger partial charge on any atom is -0.486 e. The molecule has 0 atom stereocenters. The van der Waals surface area contributed by atoms with Gasteiger partial charge in [-0.05, 0) is 36.8 Å². The third-order valence-electron chi connectivity index (χ3n) is 2.92. The molecule has 0 saturated heterocycles. The Morgan fingerprint density at radius 3 is 2.76 bits per heavy atom. The Morgan fingerprint density at radius 2 is 2.10 bits per heavy atom. The summed E-state index contributed by atoms with van der Waals surface area (Å²) in [6.45, 7) is 2.05. The Morgan fingerprint density at radius 1 is 1.33 bits per heavy atom. The number of amides is 1. The van der Waals surface area contributed by atoms with Crippen LogP contribution in [-0.4, -0.2) is 5.91 Å². The number of rotatable bonds is 4.